The van der Waals surface area contributed by atoms with Gasteiger partial charge < -0.3 is 5.32 Å². The zero-order valence-corrected chi connectivity index (χ0v) is 9.95. The average Bonchev–Trinajstić information content (AvgIpc) is 2.47. The molecular formula is C14H10N4O. The Hall–Kier alpha value is -2.82. The van der Waals surface area contributed by atoms with Crippen molar-refractivity contribution < 1.29 is 0 Å². The fourth-order valence-corrected chi connectivity index (χ4v) is 1.86. The van der Waals surface area contributed by atoms with E-state index in [-0.39, 0.29) is 0 Å². The maximum absolute atomic E-state index is 10.5. The lowest BCUT2D eigenvalue weighted by Crippen LogP contribution is -1.92. The monoisotopic (exact) mass is 250 g/mol. The maximum atomic E-state index is 10.5. The third-order valence-corrected chi connectivity index (χ3v) is 2.76. The molecule has 1 N–H and O–H groups in total. The molecule has 0 amide bonds. The van der Waals surface area contributed by atoms with Gasteiger partial charge in [0.15, 0.2) is 0 Å². The number of fused-ring (bicyclic) bond motifs is 1. The molecule has 92 valence electrons. The van der Waals surface area contributed by atoms with E-state index in [0.717, 1.165) is 16.5 Å². The van der Waals surface area contributed by atoms with Gasteiger partial charge in [0.2, 0.25) is 0 Å². The summed E-state index contributed by atoms with van der Waals surface area (Å²) >= 11 is 0. The van der Waals surface area contributed by atoms with Crippen molar-refractivity contribution in [3.8, 4) is 0 Å². The van der Waals surface area contributed by atoms with Crippen LogP contribution in [0, 0.1) is 4.91 Å². The van der Waals surface area contributed by atoms with Gasteiger partial charge in [-0.3, -0.25) is 4.98 Å². The summed E-state index contributed by atoms with van der Waals surface area (Å²) in [6.07, 6.45) is 5.11. The van der Waals surface area contributed by atoms with Crippen LogP contribution >= 0.6 is 0 Å². The molecule has 2 aromatic heterocycles. The second-order valence-corrected chi connectivity index (χ2v) is 4.05. The van der Waals surface area contributed by atoms with Crippen LogP contribution in [-0.2, 0) is 0 Å². The van der Waals surface area contributed by atoms with Crippen molar-refractivity contribution in [1.82, 2.24) is 9.97 Å². The minimum absolute atomic E-state index is 0.347. The van der Waals surface area contributed by atoms with Crippen LogP contribution < -0.4 is 5.32 Å². The molecule has 19 heavy (non-hydrogen) atoms. The number of aromatic nitrogens is 2. The summed E-state index contributed by atoms with van der Waals surface area (Å²) in [6, 6.07) is 11.0. The molecule has 0 unspecified atom stereocenters. The van der Waals surface area contributed by atoms with Crippen LogP contribution in [0.5, 0.6) is 0 Å². The molecule has 3 aromatic rings. The van der Waals surface area contributed by atoms with Crippen molar-refractivity contribution in [2.45, 2.75) is 0 Å². The number of pyridine rings is 2. The Kier molecular flexibility index (Phi) is 2.86. The highest BCUT2D eigenvalue weighted by atomic mass is 16.3. The second-order valence-electron chi connectivity index (χ2n) is 4.05. The Labute approximate surface area is 109 Å². The van der Waals surface area contributed by atoms with E-state index in [1.54, 1.807) is 30.7 Å². The Morgan fingerprint density at radius 3 is 2.84 bits per heavy atom. The van der Waals surface area contributed by atoms with E-state index >= 15 is 0 Å². The van der Waals surface area contributed by atoms with Crippen molar-refractivity contribution in [1.29, 1.82) is 0 Å². The summed E-state index contributed by atoms with van der Waals surface area (Å²) in [7, 11) is 0. The summed E-state index contributed by atoms with van der Waals surface area (Å²) in [5.74, 6) is 0.584. The summed E-state index contributed by atoms with van der Waals surface area (Å²) < 4.78 is 0. The first kappa shape index (κ1) is 11.3. The van der Waals surface area contributed by atoms with Crippen molar-refractivity contribution in [2.24, 2.45) is 5.18 Å². The van der Waals surface area contributed by atoms with Crippen LogP contribution in [0.4, 0.5) is 17.2 Å². The van der Waals surface area contributed by atoms with Gasteiger partial charge in [-0.1, -0.05) is 6.07 Å². The molecule has 5 nitrogen and oxygen atoms in total. The molecular weight excluding hydrogens is 240 g/mol. The first-order valence-corrected chi connectivity index (χ1v) is 5.75. The Bertz CT molecular complexity index is 742. The lowest BCUT2D eigenvalue weighted by atomic mass is 10.1. The van der Waals surface area contributed by atoms with Gasteiger partial charge in [-0.15, -0.1) is 4.91 Å². The molecule has 0 saturated carbocycles. The molecule has 0 bridgehead atoms. The standard InChI is InChI=1S/C14H10N4O/c19-18-13-4-6-16-14(8-13)17-12-2-1-10-3-5-15-9-11(10)7-12/h1-9H,(H,16,17). The van der Waals surface area contributed by atoms with Crippen LogP contribution in [0.3, 0.4) is 0 Å². The smallest absolute Gasteiger partial charge is 0.132 e. The van der Waals surface area contributed by atoms with Crippen LogP contribution in [0.2, 0.25) is 0 Å². The first-order chi connectivity index (χ1) is 9.35. The molecule has 0 aliphatic rings. The fourth-order valence-electron chi connectivity index (χ4n) is 1.86. The van der Waals surface area contributed by atoms with E-state index in [0.29, 0.717) is 11.5 Å². The summed E-state index contributed by atoms with van der Waals surface area (Å²) in [6.45, 7) is 0. The molecule has 0 saturated heterocycles. The normalized spacial score (nSPS) is 10.3. The van der Waals surface area contributed by atoms with Gasteiger partial charge in [0.25, 0.3) is 0 Å². The van der Waals surface area contributed by atoms with Gasteiger partial charge in [-0.2, -0.15) is 0 Å². The summed E-state index contributed by atoms with van der Waals surface area (Å²) in [4.78, 5) is 18.7. The summed E-state index contributed by atoms with van der Waals surface area (Å²) in [5.41, 5.74) is 1.23. The summed E-state index contributed by atoms with van der Waals surface area (Å²) in [5, 5.41) is 8.18. The zero-order valence-electron chi connectivity index (χ0n) is 9.95. The highest BCUT2D eigenvalue weighted by molar-refractivity contribution is 5.85. The van der Waals surface area contributed by atoms with Crippen molar-refractivity contribution in [2.75, 3.05) is 5.32 Å². The maximum Gasteiger partial charge on any atom is 0.132 e. The van der Waals surface area contributed by atoms with Gasteiger partial charge in [-0.25, -0.2) is 4.98 Å². The number of nitrogens with one attached hydrogen (secondary N) is 1. The van der Waals surface area contributed by atoms with E-state index in [4.69, 9.17) is 0 Å². The fraction of sp³-hybridized carbons (Fsp3) is 0. The lowest BCUT2D eigenvalue weighted by molar-refractivity contribution is 1.29. The van der Waals surface area contributed by atoms with Gasteiger partial charge in [0, 0.05) is 35.7 Å². The van der Waals surface area contributed by atoms with E-state index in [2.05, 4.69) is 20.5 Å². The minimum atomic E-state index is 0.347. The van der Waals surface area contributed by atoms with Crippen molar-refractivity contribution in [3.05, 3.63) is 59.9 Å². The van der Waals surface area contributed by atoms with Crippen molar-refractivity contribution >= 4 is 28.0 Å². The number of benzene rings is 1. The van der Waals surface area contributed by atoms with Crippen molar-refractivity contribution in [3.63, 3.8) is 0 Å². The quantitative estimate of drug-likeness (QED) is 0.718. The first-order valence-electron chi connectivity index (χ1n) is 5.75. The second kappa shape index (κ2) is 4.81. The predicted molar refractivity (Wildman–Crippen MR) is 74.7 cm³/mol. The molecule has 0 aliphatic heterocycles. The number of anilines is 2. The molecule has 2 heterocycles. The highest BCUT2D eigenvalue weighted by Crippen LogP contribution is 2.22. The Morgan fingerprint density at radius 1 is 1.00 bits per heavy atom. The van der Waals surface area contributed by atoms with Gasteiger partial charge in [-0.05, 0) is 34.8 Å². The Morgan fingerprint density at radius 2 is 1.95 bits per heavy atom. The highest BCUT2D eigenvalue weighted by Gasteiger charge is 2.00. The van der Waals surface area contributed by atoms with Crippen LogP contribution in [0.1, 0.15) is 0 Å². The molecule has 0 spiro atoms. The molecule has 0 aliphatic carbocycles. The van der Waals surface area contributed by atoms with Crippen LogP contribution in [0.15, 0.2) is 60.2 Å². The molecule has 0 atom stereocenters. The molecule has 1 aromatic carbocycles. The predicted octanol–water partition coefficient (Wildman–Crippen LogP) is 3.77. The van der Waals surface area contributed by atoms with Gasteiger partial charge in [0.1, 0.15) is 11.5 Å². The molecule has 5 heteroatoms. The number of rotatable bonds is 3. The van der Waals surface area contributed by atoms with Crippen LogP contribution in [-0.4, -0.2) is 9.97 Å². The van der Waals surface area contributed by atoms with Gasteiger partial charge >= 0.3 is 0 Å². The number of hydrogen-bond donors (Lipinski definition) is 1. The molecule has 3 rings (SSSR count). The average molecular weight is 250 g/mol. The topological polar surface area (TPSA) is 67.2 Å². The molecule has 0 radical (unpaired) electrons. The third kappa shape index (κ3) is 2.40. The van der Waals surface area contributed by atoms with E-state index in [1.165, 1.54) is 0 Å². The number of hydrogen-bond acceptors (Lipinski definition) is 5. The third-order valence-electron chi connectivity index (χ3n) is 2.76. The van der Waals surface area contributed by atoms with E-state index in [1.807, 2.05) is 24.3 Å². The largest absolute Gasteiger partial charge is 0.340 e. The number of nitroso groups, excluding NO2 is 1. The van der Waals surface area contributed by atoms with E-state index in [9.17, 15) is 4.91 Å². The van der Waals surface area contributed by atoms with Crippen LogP contribution in [0.25, 0.3) is 10.8 Å². The minimum Gasteiger partial charge on any atom is -0.340 e. The van der Waals surface area contributed by atoms with E-state index < -0.39 is 0 Å². The SMILES string of the molecule is O=Nc1ccnc(Nc2ccc3ccncc3c2)c1. The Balaban J connectivity index is 1.94. The zero-order chi connectivity index (χ0) is 13.1. The molecule has 0 fully saturated rings. The van der Waals surface area contributed by atoms with Gasteiger partial charge in [0.05, 0.1) is 0 Å². The number of nitrogens with zero attached hydrogens (tertiary/aromatic N) is 3. The lowest BCUT2D eigenvalue weighted by Gasteiger charge is -2.06.